The number of amides is 1. The van der Waals surface area contributed by atoms with Crippen LogP contribution in [0.1, 0.15) is 64.0 Å². The molecule has 0 saturated carbocycles. The standard InChI is InChI=1S/C28H36N2O3/c1-5-6-7-8-11-18-33-24-15-14-21(19-25(24)32-4)16-17-28-27(2,3)22-12-9-10-13-23(22)30(28)20-26(31)29-28/h9-10,12-17,19H,5-8,11,18,20H2,1-4H3,(H,29,31)/b17-16+/t28-/m0/s1. The second kappa shape index (κ2) is 9.50. The van der Waals surface area contributed by atoms with Crippen LogP contribution < -0.4 is 19.7 Å². The van der Waals surface area contributed by atoms with Crippen molar-refractivity contribution in [1.82, 2.24) is 5.32 Å². The van der Waals surface area contributed by atoms with Gasteiger partial charge in [-0.05, 0) is 41.8 Å². The third-order valence-electron chi connectivity index (χ3n) is 7.09. The minimum atomic E-state index is -0.603. The number of carbonyl (C=O) groups excluding carboxylic acids is 1. The van der Waals surface area contributed by atoms with Crippen molar-refractivity contribution in [2.75, 3.05) is 25.2 Å². The number of hydrogen-bond acceptors (Lipinski definition) is 4. The molecule has 1 N–H and O–H groups in total. The molecule has 2 aliphatic heterocycles. The van der Waals surface area contributed by atoms with E-state index in [0.29, 0.717) is 13.2 Å². The quantitative estimate of drug-likeness (QED) is 0.475. The zero-order valence-corrected chi connectivity index (χ0v) is 20.3. The Balaban J connectivity index is 1.53. The van der Waals surface area contributed by atoms with E-state index >= 15 is 0 Å². The first-order valence-corrected chi connectivity index (χ1v) is 12.1. The number of anilines is 1. The summed E-state index contributed by atoms with van der Waals surface area (Å²) in [7, 11) is 1.67. The lowest BCUT2D eigenvalue weighted by Crippen LogP contribution is -2.58. The van der Waals surface area contributed by atoms with E-state index in [1.54, 1.807) is 7.11 Å². The van der Waals surface area contributed by atoms with E-state index in [4.69, 9.17) is 9.47 Å². The van der Waals surface area contributed by atoms with Crippen LogP contribution in [0, 0.1) is 0 Å². The van der Waals surface area contributed by atoms with Crippen molar-refractivity contribution >= 4 is 17.7 Å². The number of carbonyl (C=O) groups is 1. The summed E-state index contributed by atoms with van der Waals surface area (Å²) in [6, 6.07) is 14.4. The topological polar surface area (TPSA) is 50.8 Å². The molecule has 2 aromatic rings. The van der Waals surface area contributed by atoms with Gasteiger partial charge in [-0.3, -0.25) is 4.79 Å². The van der Waals surface area contributed by atoms with Gasteiger partial charge in [0.05, 0.1) is 20.3 Å². The zero-order valence-electron chi connectivity index (χ0n) is 20.3. The fourth-order valence-electron chi connectivity index (χ4n) is 5.15. The van der Waals surface area contributed by atoms with Crippen LogP contribution in [0.2, 0.25) is 0 Å². The fraction of sp³-hybridized carbons (Fsp3) is 0.464. The van der Waals surface area contributed by atoms with Gasteiger partial charge in [0.15, 0.2) is 11.5 Å². The van der Waals surface area contributed by atoms with E-state index in [0.717, 1.165) is 29.2 Å². The maximum atomic E-state index is 12.5. The molecule has 1 atom stereocenters. The lowest BCUT2D eigenvalue weighted by atomic mass is 9.75. The normalized spacial score (nSPS) is 20.6. The molecule has 1 saturated heterocycles. The van der Waals surface area contributed by atoms with E-state index in [9.17, 15) is 4.79 Å². The summed E-state index contributed by atoms with van der Waals surface area (Å²) in [4.78, 5) is 14.7. The van der Waals surface area contributed by atoms with Gasteiger partial charge in [-0.15, -0.1) is 0 Å². The van der Waals surface area contributed by atoms with E-state index < -0.39 is 5.66 Å². The van der Waals surface area contributed by atoms with Gasteiger partial charge in [0.25, 0.3) is 0 Å². The lowest BCUT2D eigenvalue weighted by molar-refractivity contribution is -0.118. The maximum absolute atomic E-state index is 12.5. The van der Waals surface area contributed by atoms with Crippen LogP contribution in [0.4, 0.5) is 5.69 Å². The van der Waals surface area contributed by atoms with Gasteiger partial charge in [-0.1, -0.05) is 76.8 Å². The first-order valence-electron chi connectivity index (χ1n) is 12.1. The van der Waals surface area contributed by atoms with Crippen molar-refractivity contribution in [2.24, 2.45) is 0 Å². The fourth-order valence-corrected chi connectivity index (χ4v) is 5.15. The average molecular weight is 449 g/mol. The largest absolute Gasteiger partial charge is 0.493 e. The Labute approximate surface area is 197 Å². The van der Waals surface area contributed by atoms with Crippen LogP contribution in [0.5, 0.6) is 11.5 Å². The monoisotopic (exact) mass is 448 g/mol. The average Bonchev–Trinajstić information content (AvgIpc) is 3.25. The number of ether oxygens (including phenoxy) is 2. The highest BCUT2D eigenvalue weighted by molar-refractivity contribution is 5.91. The molecule has 0 aromatic heterocycles. The third-order valence-corrected chi connectivity index (χ3v) is 7.09. The van der Waals surface area contributed by atoms with Crippen LogP contribution in [0.15, 0.2) is 48.5 Å². The van der Waals surface area contributed by atoms with E-state index in [1.807, 2.05) is 24.3 Å². The highest BCUT2D eigenvalue weighted by Crippen LogP contribution is 2.52. The van der Waals surface area contributed by atoms with Gasteiger partial charge in [-0.2, -0.15) is 0 Å². The van der Waals surface area contributed by atoms with Crippen molar-refractivity contribution in [3.63, 3.8) is 0 Å². The van der Waals surface area contributed by atoms with Gasteiger partial charge in [0, 0.05) is 11.1 Å². The molecule has 5 heteroatoms. The lowest BCUT2D eigenvalue weighted by Gasteiger charge is -2.40. The summed E-state index contributed by atoms with van der Waals surface area (Å²) in [5.41, 5.74) is 2.48. The predicted molar refractivity (Wildman–Crippen MR) is 134 cm³/mol. The van der Waals surface area contributed by atoms with Crippen molar-refractivity contribution in [3.05, 3.63) is 59.7 Å². The molecule has 2 aromatic carbocycles. The molecule has 5 nitrogen and oxygen atoms in total. The summed E-state index contributed by atoms with van der Waals surface area (Å²) >= 11 is 0. The Kier molecular flexibility index (Phi) is 6.68. The van der Waals surface area contributed by atoms with E-state index in [2.05, 4.69) is 61.3 Å². The molecule has 0 spiro atoms. The number of hydrogen-bond donors (Lipinski definition) is 1. The Morgan fingerprint density at radius 1 is 1.06 bits per heavy atom. The number of benzene rings is 2. The number of nitrogens with zero attached hydrogens (tertiary/aromatic N) is 1. The van der Waals surface area contributed by atoms with Gasteiger partial charge in [0.1, 0.15) is 5.66 Å². The Morgan fingerprint density at radius 3 is 2.64 bits per heavy atom. The molecular formula is C28H36N2O3. The van der Waals surface area contributed by atoms with Crippen LogP contribution in [-0.2, 0) is 10.2 Å². The van der Waals surface area contributed by atoms with Crippen molar-refractivity contribution in [2.45, 2.75) is 64.0 Å². The molecule has 0 bridgehead atoms. The second-order valence-corrected chi connectivity index (χ2v) is 9.55. The highest BCUT2D eigenvalue weighted by Gasteiger charge is 2.59. The van der Waals surface area contributed by atoms with Crippen molar-refractivity contribution in [1.29, 1.82) is 0 Å². The van der Waals surface area contributed by atoms with Gasteiger partial charge >= 0.3 is 0 Å². The van der Waals surface area contributed by atoms with Crippen molar-refractivity contribution < 1.29 is 14.3 Å². The highest BCUT2D eigenvalue weighted by atomic mass is 16.5. The van der Waals surface area contributed by atoms with E-state index in [-0.39, 0.29) is 11.3 Å². The molecule has 4 rings (SSSR count). The smallest absolute Gasteiger partial charge is 0.241 e. The number of methoxy groups -OCH3 is 1. The summed E-state index contributed by atoms with van der Waals surface area (Å²) in [6.45, 7) is 7.67. The Bertz CT molecular complexity index is 1030. The first-order chi connectivity index (χ1) is 15.9. The third kappa shape index (κ3) is 4.21. The SMILES string of the molecule is CCCCCCCOc1ccc(/C=C/[C@]23NC(=O)CN2c2ccccc2C3(C)C)cc1OC. The van der Waals surface area contributed by atoms with Gasteiger partial charge in [0.2, 0.25) is 5.91 Å². The number of nitrogens with one attached hydrogen (secondary N) is 1. The Hall–Kier alpha value is -2.95. The minimum Gasteiger partial charge on any atom is -0.493 e. The summed E-state index contributed by atoms with van der Waals surface area (Å²) in [5.74, 6) is 1.54. The molecule has 0 radical (unpaired) electrons. The molecule has 2 heterocycles. The van der Waals surface area contributed by atoms with Crippen LogP contribution >= 0.6 is 0 Å². The summed E-state index contributed by atoms with van der Waals surface area (Å²) in [6.07, 6.45) is 10.2. The maximum Gasteiger partial charge on any atom is 0.241 e. The van der Waals surface area contributed by atoms with Gasteiger partial charge < -0.3 is 19.7 Å². The number of para-hydroxylation sites is 1. The summed E-state index contributed by atoms with van der Waals surface area (Å²) in [5, 5.41) is 3.27. The van der Waals surface area contributed by atoms with Crippen molar-refractivity contribution in [3.8, 4) is 11.5 Å². The second-order valence-electron chi connectivity index (χ2n) is 9.55. The molecule has 0 aliphatic carbocycles. The van der Waals surface area contributed by atoms with Crippen LogP contribution in [0.25, 0.3) is 6.08 Å². The van der Waals surface area contributed by atoms with E-state index in [1.165, 1.54) is 31.2 Å². The predicted octanol–water partition coefficient (Wildman–Crippen LogP) is 5.68. The number of rotatable bonds is 10. The number of fused-ring (bicyclic) bond motifs is 3. The van der Waals surface area contributed by atoms with Crippen LogP contribution in [-0.4, -0.2) is 31.8 Å². The molecule has 176 valence electrons. The first kappa shape index (κ1) is 23.2. The zero-order chi connectivity index (χ0) is 23.5. The number of unbranched alkanes of at least 4 members (excludes halogenated alkanes) is 4. The molecule has 33 heavy (non-hydrogen) atoms. The van der Waals surface area contributed by atoms with Gasteiger partial charge in [-0.25, -0.2) is 0 Å². The summed E-state index contributed by atoms with van der Waals surface area (Å²) < 4.78 is 11.6. The molecule has 1 fully saturated rings. The minimum absolute atomic E-state index is 0.0440. The van der Waals surface area contributed by atoms with Crippen LogP contribution in [0.3, 0.4) is 0 Å². The molecule has 1 amide bonds. The molecular weight excluding hydrogens is 412 g/mol. The molecule has 0 unspecified atom stereocenters. The molecule has 2 aliphatic rings. The Morgan fingerprint density at radius 2 is 1.85 bits per heavy atom.